The van der Waals surface area contributed by atoms with Crippen LogP contribution in [0.3, 0.4) is 0 Å². The molecule has 130 valence electrons. The molecule has 1 aromatic rings. The molecule has 0 aliphatic carbocycles. The molecule has 0 heterocycles. The Bertz CT molecular complexity index is 486. The van der Waals surface area contributed by atoms with E-state index in [0.29, 0.717) is 25.9 Å². The fourth-order valence-corrected chi connectivity index (χ4v) is 2.28. The predicted octanol–water partition coefficient (Wildman–Crippen LogP) is 4.14. The molecule has 0 aliphatic rings. The largest absolute Gasteiger partial charge is 0.465 e. The third-order valence-corrected chi connectivity index (χ3v) is 3.89. The number of esters is 1. The highest BCUT2D eigenvalue weighted by atomic mass is 16.5. The van der Waals surface area contributed by atoms with Crippen molar-refractivity contribution in [1.82, 2.24) is 0 Å². The maximum absolute atomic E-state index is 12.0. The van der Waals surface area contributed by atoms with E-state index in [1.165, 1.54) is 11.1 Å². The minimum atomic E-state index is -0.200. The Morgan fingerprint density at radius 1 is 0.957 bits per heavy atom. The van der Waals surface area contributed by atoms with E-state index in [1.54, 1.807) is 0 Å². The van der Waals surface area contributed by atoms with Gasteiger partial charge in [-0.25, -0.2) is 0 Å². The molecular weight excluding hydrogens is 288 g/mol. The van der Waals surface area contributed by atoms with Gasteiger partial charge in [-0.05, 0) is 40.4 Å². The molecule has 0 bridgehead atoms. The lowest BCUT2D eigenvalue weighted by Gasteiger charge is -2.26. The van der Waals surface area contributed by atoms with Crippen LogP contribution >= 0.6 is 0 Å². The molecule has 0 spiro atoms. The van der Waals surface area contributed by atoms with Crippen molar-refractivity contribution in [2.45, 2.75) is 71.6 Å². The number of benzene rings is 1. The van der Waals surface area contributed by atoms with Gasteiger partial charge in [-0.2, -0.15) is 0 Å². The van der Waals surface area contributed by atoms with Crippen LogP contribution in [-0.2, 0) is 26.8 Å². The van der Waals surface area contributed by atoms with Crippen LogP contribution in [0, 0.1) is 0 Å². The van der Waals surface area contributed by atoms with Crippen molar-refractivity contribution in [3.63, 3.8) is 0 Å². The zero-order valence-electron chi connectivity index (χ0n) is 15.5. The number of carbonyl (C=O) groups excluding carboxylic acids is 1. The molecule has 0 amide bonds. The van der Waals surface area contributed by atoms with Gasteiger partial charge < -0.3 is 9.84 Å². The number of aliphatic hydroxyl groups is 1. The fourth-order valence-electron chi connectivity index (χ4n) is 2.28. The summed E-state index contributed by atoms with van der Waals surface area (Å²) in [6.45, 7) is 13.6. The quantitative estimate of drug-likeness (QED) is 0.633. The zero-order valence-corrected chi connectivity index (χ0v) is 15.5. The average Bonchev–Trinajstić information content (AvgIpc) is 2.41. The standard InChI is InChI=1S/C20H32O3/c1-19(2,3)16-11-15(12-17(14-16)20(4,5)6)13-18(22)23-10-8-7-9-21/h11-12,14,21H,7-10,13H2,1-6H3. The molecule has 1 N–H and O–H groups in total. The Balaban J connectivity index is 2.91. The van der Waals surface area contributed by atoms with Crippen LogP contribution in [0.1, 0.15) is 71.1 Å². The van der Waals surface area contributed by atoms with Gasteiger partial charge in [0.1, 0.15) is 0 Å². The highest BCUT2D eigenvalue weighted by Crippen LogP contribution is 2.30. The Morgan fingerprint density at radius 3 is 1.91 bits per heavy atom. The van der Waals surface area contributed by atoms with E-state index < -0.39 is 0 Å². The molecule has 0 saturated heterocycles. The second-order valence-corrected chi connectivity index (χ2v) is 8.25. The van der Waals surface area contributed by atoms with E-state index in [4.69, 9.17) is 9.84 Å². The molecule has 0 unspecified atom stereocenters. The highest BCUT2D eigenvalue weighted by Gasteiger charge is 2.21. The summed E-state index contributed by atoms with van der Waals surface area (Å²) < 4.78 is 5.25. The van der Waals surface area contributed by atoms with Crippen molar-refractivity contribution in [1.29, 1.82) is 0 Å². The Labute approximate surface area is 141 Å². The Kier molecular flexibility index (Phi) is 6.82. The van der Waals surface area contributed by atoms with Gasteiger partial charge in [-0.15, -0.1) is 0 Å². The molecule has 0 saturated carbocycles. The van der Waals surface area contributed by atoms with Gasteiger partial charge in [0.2, 0.25) is 0 Å². The first-order chi connectivity index (χ1) is 10.5. The number of rotatable bonds is 6. The highest BCUT2D eigenvalue weighted by molar-refractivity contribution is 5.72. The summed E-state index contributed by atoms with van der Waals surface area (Å²) in [7, 11) is 0. The summed E-state index contributed by atoms with van der Waals surface area (Å²) in [5, 5.41) is 8.74. The number of ether oxygens (including phenoxy) is 1. The first-order valence-electron chi connectivity index (χ1n) is 8.45. The molecule has 0 aromatic heterocycles. The number of hydrogen-bond acceptors (Lipinski definition) is 3. The van der Waals surface area contributed by atoms with Gasteiger partial charge in [-0.1, -0.05) is 59.7 Å². The summed E-state index contributed by atoms with van der Waals surface area (Å²) in [6.07, 6.45) is 1.67. The third-order valence-electron chi connectivity index (χ3n) is 3.89. The number of unbranched alkanes of at least 4 members (excludes halogenated alkanes) is 1. The van der Waals surface area contributed by atoms with Crippen LogP contribution in [0.15, 0.2) is 18.2 Å². The lowest BCUT2D eigenvalue weighted by Crippen LogP contribution is -2.18. The van der Waals surface area contributed by atoms with Crippen molar-refractivity contribution in [3.8, 4) is 0 Å². The van der Waals surface area contributed by atoms with E-state index in [1.807, 2.05) is 0 Å². The summed E-state index contributed by atoms with van der Waals surface area (Å²) >= 11 is 0. The second kappa shape index (κ2) is 7.96. The van der Waals surface area contributed by atoms with Crippen molar-refractivity contribution >= 4 is 5.97 Å². The Hall–Kier alpha value is -1.35. The number of hydrogen-bond donors (Lipinski definition) is 1. The monoisotopic (exact) mass is 320 g/mol. The van der Waals surface area contributed by atoms with Crippen LogP contribution in [0.4, 0.5) is 0 Å². The van der Waals surface area contributed by atoms with Crippen LogP contribution in [0.25, 0.3) is 0 Å². The van der Waals surface area contributed by atoms with Gasteiger partial charge in [-0.3, -0.25) is 4.79 Å². The molecule has 1 aromatic carbocycles. The van der Waals surface area contributed by atoms with E-state index in [-0.39, 0.29) is 23.4 Å². The second-order valence-electron chi connectivity index (χ2n) is 8.25. The maximum Gasteiger partial charge on any atom is 0.310 e. The molecule has 0 atom stereocenters. The number of aliphatic hydroxyl groups excluding tert-OH is 1. The minimum absolute atomic E-state index is 0.0427. The van der Waals surface area contributed by atoms with E-state index in [2.05, 4.69) is 59.7 Å². The first kappa shape index (κ1) is 19.7. The van der Waals surface area contributed by atoms with Gasteiger partial charge in [0.25, 0.3) is 0 Å². The van der Waals surface area contributed by atoms with Crippen molar-refractivity contribution in [3.05, 3.63) is 34.9 Å². The molecule has 0 aliphatic heterocycles. The number of carbonyl (C=O) groups is 1. The first-order valence-corrected chi connectivity index (χ1v) is 8.45. The molecule has 3 heteroatoms. The molecule has 3 nitrogen and oxygen atoms in total. The van der Waals surface area contributed by atoms with Crippen LogP contribution in [-0.4, -0.2) is 24.3 Å². The van der Waals surface area contributed by atoms with Crippen molar-refractivity contribution < 1.29 is 14.6 Å². The summed E-state index contributed by atoms with van der Waals surface area (Å²) in [5.74, 6) is -0.200. The summed E-state index contributed by atoms with van der Waals surface area (Å²) in [6, 6.07) is 6.48. The Morgan fingerprint density at radius 2 is 1.48 bits per heavy atom. The van der Waals surface area contributed by atoms with Crippen LogP contribution in [0.2, 0.25) is 0 Å². The molecule has 0 radical (unpaired) electrons. The van der Waals surface area contributed by atoms with Gasteiger partial charge in [0.15, 0.2) is 0 Å². The minimum Gasteiger partial charge on any atom is -0.465 e. The average molecular weight is 320 g/mol. The fraction of sp³-hybridized carbons (Fsp3) is 0.650. The SMILES string of the molecule is CC(C)(C)c1cc(CC(=O)OCCCCO)cc(C(C)(C)C)c1. The third kappa shape index (κ3) is 6.74. The van der Waals surface area contributed by atoms with Gasteiger partial charge in [0.05, 0.1) is 13.0 Å². The van der Waals surface area contributed by atoms with Gasteiger partial charge >= 0.3 is 5.97 Å². The van der Waals surface area contributed by atoms with E-state index in [0.717, 1.165) is 5.56 Å². The zero-order chi connectivity index (χ0) is 17.7. The molecule has 0 fully saturated rings. The topological polar surface area (TPSA) is 46.5 Å². The smallest absolute Gasteiger partial charge is 0.310 e. The molecule has 23 heavy (non-hydrogen) atoms. The van der Waals surface area contributed by atoms with Crippen molar-refractivity contribution in [2.75, 3.05) is 13.2 Å². The predicted molar refractivity (Wildman–Crippen MR) is 94.8 cm³/mol. The van der Waals surface area contributed by atoms with E-state index >= 15 is 0 Å². The van der Waals surface area contributed by atoms with Crippen LogP contribution in [0.5, 0.6) is 0 Å². The summed E-state index contributed by atoms with van der Waals surface area (Å²) in [4.78, 5) is 12.0. The maximum atomic E-state index is 12.0. The lowest BCUT2D eigenvalue weighted by atomic mass is 9.79. The molecular formula is C20H32O3. The molecule has 1 rings (SSSR count). The van der Waals surface area contributed by atoms with Crippen LogP contribution < -0.4 is 0 Å². The van der Waals surface area contributed by atoms with E-state index in [9.17, 15) is 4.79 Å². The lowest BCUT2D eigenvalue weighted by molar-refractivity contribution is -0.143. The van der Waals surface area contributed by atoms with Gasteiger partial charge in [0, 0.05) is 6.61 Å². The normalized spacial score (nSPS) is 12.3. The summed E-state index contributed by atoms with van der Waals surface area (Å²) in [5.41, 5.74) is 3.58. The van der Waals surface area contributed by atoms with Crippen molar-refractivity contribution in [2.24, 2.45) is 0 Å².